The van der Waals surface area contributed by atoms with Crippen molar-refractivity contribution in [3.63, 3.8) is 0 Å². The van der Waals surface area contributed by atoms with Crippen molar-refractivity contribution in [1.29, 1.82) is 0 Å². The first-order valence-electron chi connectivity index (χ1n) is 9.08. The van der Waals surface area contributed by atoms with Crippen LogP contribution in [0.5, 0.6) is 0 Å². The van der Waals surface area contributed by atoms with Gasteiger partial charge in [0, 0.05) is 23.2 Å². The van der Waals surface area contributed by atoms with E-state index in [1.54, 1.807) is 0 Å². The predicted octanol–water partition coefficient (Wildman–Crippen LogP) is 5.60. The summed E-state index contributed by atoms with van der Waals surface area (Å²) in [7, 11) is 0. The Labute approximate surface area is 143 Å². The molecule has 0 saturated heterocycles. The lowest BCUT2D eigenvalue weighted by Gasteiger charge is -2.61. The molecule has 0 N–H and O–H groups in total. The van der Waals surface area contributed by atoms with Crippen molar-refractivity contribution in [1.82, 2.24) is 0 Å². The van der Waals surface area contributed by atoms with Crippen LogP contribution in [0.15, 0.2) is 47.5 Å². The first-order chi connectivity index (χ1) is 11.3. The van der Waals surface area contributed by atoms with Crippen LogP contribution in [0.2, 0.25) is 0 Å². The normalized spacial score (nSPS) is 39.7. The summed E-state index contributed by atoms with van der Waals surface area (Å²) in [6, 6.07) is 13.4. The lowest BCUT2D eigenvalue weighted by Crippen LogP contribution is -2.59. The second kappa shape index (κ2) is 4.02. The maximum atomic E-state index is 13.4. The van der Waals surface area contributed by atoms with E-state index in [9.17, 15) is 4.79 Å². The fourth-order valence-electron chi connectivity index (χ4n) is 6.51. The number of Topliss-reactive ketones (excluding diaryl/α,β-unsaturated/α-hetero) is 1. The Morgan fingerprint density at radius 1 is 0.875 bits per heavy atom. The highest BCUT2D eigenvalue weighted by atomic mass is 16.1. The Balaban J connectivity index is 1.96. The molecule has 1 fully saturated rings. The minimum absolute atomic E-state index is 0.0725. The molecule has 2 aromatic carbocycles. The third-order valence-electron chi connectivity index (χ3n) is 8.19. The number of carbonyl (C=O) groups excluding carboxylic acids is 1. The van der Waals surface area contributed by atoms with Crippen molar-refractivity contribution < 1.29 is 4.79 Å². The Bertz CT molecular complexity index is 960. The van der Waals surface area contributed by atoms with Gasteiger partial charge in [-0.15, -0.1) is 0 Å². The molecule has 0 heterocycles. The zero-order valence-corrected chi connectivity index (χ0v) is 15.1. The second-order valence-corrected chi connectivity index (χ2v) is 8.57. The number of fused-ring (bicyclic) bond motifs is 1. The molecule has 1 nitrogen and oxygen atoms in total. The van der Waals surface area contributed by atoms with Crippen molar-refractivity contribution in [2.75, 3.05) is 0 Å². The third-order valence-corrected chi connectivity index (χ3v) is 8.19. The van der Waals surface area contributed by atoms with Crippen LogP contribution in [0.4, 0.5) is 0 Å². The van der Waals surface area contributed by atoms with E-state index in [0.29, 0.717) is 11.7 Å². The van der Waals surface area contributed by atoms with E-state index in [2.05, 4.69) is 71.0 Å². The van der Waals surface area contributed by atoms with Gasteiger partial charge in [-0.05, 0) is 42.7 Å². The van der Waals surface area contributed by atoms with Crippen LogP contribution >= 0.6 is 0 Å². The zero-order valence-electron chi connectivity index (χ0n) is 15.1. The molecule has 122 valence electrons. The van der Waals surface area contributed by atoms with Crippen molar-refractivity contribution >= 4 is 16.6 Å². The van der Waals surface area contributed by atoms with Gasteiger partial charge in [-0.25, -0.2) is 0 Å². The molecule has 1 heteroatoms. The Hall–Kier alpha value is -1.89. The van der Waals surface area contributed by atoms with E-state index >= 15 is 0 Å². The van der Waals surface area contributed by atoms with E-state index in [4.69, 9.17) is 0 Å². The van der Waals surface area contributed by atoms with Crippen LogP contribution in [-0.4, -0.2) is 5.78 Å². The fraction of sp³-hybridized carbons (Fsp3) is 0.435. The van der Waals surface area contributed by atoms with Crippen molar-refractivity contribution in [2.45, 2.75) is 46.5 Å². The molecule has 24 heavy (non-hydrogen) atoms. The molecule has 0 aliphatic heterocycles. The molecule has 0 aromatic heterocycles. The number of benzene rings is 2. The molecule has 0 spiro atoms. The molecule has 0 amide bonds. The average molecular weight is 316 g/mol. The van der Waals surface area contributed by atoms with E-state index in [1.165, 1.54) is 33.0 Å². The first kappa shape index (κ1) is 14.5. The van der Waals surface area contributed by atoms with Crippen LogP contribution in [-0.2, 0) is 4.79 Å². The summed E-state index contributed by atoms with van der Waals surface area (Å²) in [5.41, 5.74) is 5.19. The molecule has 4 aliphatic carbocycles. The number of allylic oxidation sites excluding steroid dienone is 2. The number of hydrogen-bond acceptors (Lipinski definition) is 1. The lowest BCUT2D eigenvalue weighted by atomic mass is 9.40. The summed E-state index contributed by atoms with van der Waals surface area (Å²) in [6.45, 7) is 11.2. The van der Waals surface area contributed by atoms with Gasteiger partial charge in [0.15, 0.2) is 0 Å². The Morgan fingerprint density at radius 3 is 2.08 bits per heavy atom. The molecule has 6 rings (SSSR count). The summed E-state index contributed by atoms with van der Waals surface area (Å²) in [5.74, 6) is 1.23. The summed E-state index contributed by atoms with van der Waals surface area (Å²) in [4.78, 5) is 13.4. The van der Waals surface area contributed by atoms with Gasteiger partial charge in [0.05, 0.1) is 5.41 Å². The largest absolute Gasteiger partial charge is 0.298 e. The minimum atomic E-state index is -0.362. The number of rotatable bonds is 0. The minimum Gasteiger partial charge on any atom is -0.298 e. The van der Waals surface area contributed by atoms with Crippen molar-refractivity contribution in [2.24, 2.45) is 16.7 Å². The van der Waals surface area contributed by atoms with Gasteiger partial charge in [0.25, 0.3) is 0 Å². The quantitative estimate of drug-likeness (QED) is 0.578. The smallest absolute Gasteiger partial charge is 0.147 e. The van der Waals surface area contributed by atoms with Crippen LogP contribution in [0.3, 0.4) is 0 Å². The van der Waals surface area contributed by atoms with Gasteiger partial charge < -0.3 is 0 Å². The molecular formula is C23H24O. The number of carbonyl (C=O) groups is 1. The summed E-state index contributed by atoms with van der Waals surface area (Å²) in [6.07, 6.45) is 0. The zero-order chi connectivity index (χ0) is 17.0. The van der Waals surface area contributed by atoms with Crippen LogP contribution in [0.1, 0.15) is 57.6 Å². The SMILES string of the molecule is CC1=C(C)[C@]2(C)[C@@H](C)C(=O)[C@]1(C)[C@@H]1c3cccc4cccc(c34)[C@@H]12. The summed E-state index contributed by atoms with van der Waals surface area (Å²) >= 11 is 0. The van der Waals surface area contributed by atoms with E-state index in [-0.39, 0.29) is 22.7 Å². The lowest BCUT2D eigenvalue weighted by molar-refractivity contribution is -0.143. The van der Waals surface area contributed by atoms with Gasteiger partial charge in [0.2, 0.25) is 0 Å². The predicted molar refractivity (Wildman–Crippen MR) is 98.2 cm³/mol. The standard InChI is InChI=1S/C23H24O/c1-12-13(2)23(5)20-17-11-7-9-15-8-6-10-16(18(15)17)19(20)22(12,4)14(3)21(23)24/h6-11,14,19-20H,1-5H3/t14-,19-,20+,22+,23-/m0/s1. The highest BCUT2D eigenvalue weighted by molar-refractivity contribution is 6.00. The van der Waals surface area contributed by atoms with E-state index < -0.39 is 0 Å². The van der Waals surface area contributed by atoms with Crippen LogP contribution in [0.25, 0.3) is 10.8 Å². The third kappa shape index (κ3) is 1.20. The van der Waals surface area contributed by atoms with E-state index in [0.717, 1.165) is 0 Å². The number of ketones is 1. The van der Waals surface area contributed by atoms with Crippen LogP contribution < -0.4 is 0 Å². The van der Waals surface area contributed by atoms with Gasteiger partial charge in [-0.2, -0.15) is 0 Å². The van der Waals surface area contributed by atoms with Gasteiger partial charge in [-0.1, -0.05) is 61.4 Å². The van der Waals surface area contributed by atoms with Crippen LogP contribution in [0, 0.1) is 16.7 Å². The molecule has 2 bridgehead atoms. The molecular weight excluding hydrogens is 292 g/mol. The van der Waals surface area contributed by atoms with Gasteiger partial charge in [-0.3, -0.25) is 4.79 Å². The molecule has 0 radical (unpaired) electrons. The maximum absolute atomic E-state index is 13.4. The summed E-state index contributed by atoms with van der Waals surface area (Å²) in [5, 5.41) is 2.73. The topological polar surface area (TPSA) is 17.1 Å². The molecule has 2 aromatic rings. The maximum Gasteiger partial charge on any atom is 0.147 e. The first-order valence-corrected chi connectivity index (χ1v) is 9.08. The highest BCUT2D eigenvalue weighted by Crippen LogP contribution is 2.74. The number of hydrogen-bond donors (Lipinski definition) is 0. The Kier molecular flexibility index (Phi) is 2.42. The Morgan fingerprint density at radius 2 is 1.46 bits per heavy atom. The molecule has 5 atom stereocenters. The second-order valence-electron chi connectivity index (χ2n) is 8.57. The van der Waals surface area contributed by atoms with Crippen molar-refractivity contribution in [3.05, 3.63) is 58.7 Å². The molecule has 1 saturated carbocycles. The monoisotopic (exact) mass is 316 g/mol. The summed E-state index contributed by atoms with van der Waals surface area (Å²) < 4.78 is 0. The highest BCUT2D eigenvalue weighted by Gasteiger charge is 2.68. The van der Waals surface area contributed by atoms with Gasteiger partial charge in [0.1, 0.15) is 5.78 Å². The molecule has 4 aliphatic rings. The molecule has 0 unspecified atom stereocenters. The fourth-order valence-corrected chi connectivity index (χ4v) is 6.51. The van der Waals surface area contributed by atoms with Gasteiger partial charge >= 0.3 is 0 Å². The average Bonchev–Trinajstić information content (AvgIpc) is 2.94. The van der Waals surface area contributed by atoms with E-state index in [1.807, 2.05) is 0 Å². The van der Waals surface area contributed by atoms with Crippen molar-refractivity contribution in [3.8, 4) is 0 Å².